The summed E-state index contributed by atoms with van der Waals surface area (Å²) >= 11 is 5.88. The van der Waals surface area contributed by atoms with E-state index in [0.29, 0.717) is 22.9 Å². The van der Waals surface area contributed by atoms with Crippen LogP contribution in [0.4, 0.5) is 0 Å². The zero-order chi connectivity index (χ0) is 20.4. The van der Waals surface area contributed by atoms with Crippen LogP contribution in [0.3, 0.4) is 0 Å². The summed E-state index contributed by atoms with van der Waals surface area (Å²) in [5.74, 6) is -0.619. The minimum Gasteiger partial charge on any atom is -0.474 e. The molecule has 146 valence electrons. The van der Waals surface area contributed by atoms with Crippen molar-refractivity contribution in [2.45, 2.75) is 19.6 Å². The van der Waals surface area contributed by atoms with Gasteiger partial charge in [0.2, 0.25) is 0 Å². The van der Waals surface area contributed by atoms with Crippen molar-refractivity contribution in [2.24, 2.45) is 4.99 Å². The van der Waals surface area contributed by atoms with Gasteiger partial charge < -0.3 is 10.1 Å². The van der Waals surface area contributed by atoms with E-state index < -0.39 is 12.0 Å². The lowest BCUT2D eigenvalue weighted by molar-refractivity contribution is -0.119. The van der Waals surface area contributed by atoms with Crippen LogP contribution in [0.2, 0.25) is 5.02 Å². The van der Waals surface area contributed by atoms with Gasteiger partial charge in [-0.3, -0.25) is 14.7 Å². The van der Waals surface area contributed by atoms with Crippen LogP contribution in [0.1, 0.15) is 16.8 Å². The topological polar surface area (TPSA) is 96.4 Å². The van der Waals surface area contributed by atoms with E-state index in [4.69, 9.17) is 16.3 Å². The fourth-order valence-corrected chi connectivity index (χ4v) is 3.04. The Hall–Kier alpha value is -3.45. The maximum Gasteiger partial charge on any atom is 0.312 e. The van der Waals surface area contributed by atoms with Crippen molar-refractivity contribution < 1.29 is 14.3 Å². The molecule has 2 aromatic rings. The average Bonchev–Trinajstić information content (AvgIpc) is 3.13. The molecule has 0 spiro atoms. The SMILES string of the molecule is Cc1[nH]ncc1CNC(=O)C1=CC2=NC(=O)/C(=C/c3ccc(Cl)cc3)OC2C=C1. The second-order valence-corrected chi connectivity index (χ2v) is 7.04. The van der Waals surface area contributed by atoms with Gasteiger partial charge in [-0.15, -0.1) is 0 Å². The smallest absolute Gasteiger partial charge is 0.312 e. The largest absolute Gasteiger partial charge is 0.474 e. The number of carbonyl (C=O) groups is 2. The van der Waals surface area contributed by atoms with Gasteiger partial charge in [-0.2, -0.15) is 5.10 Å². The highest BCUT2D eigenvalue weighted by molar-refractivity contribution is 6.30. The molecule has 2 aliphatic rings. The monoisotopic (exact) mass is 408 g/mol. The number of hydrogen-bond donors (Lipinski definition) is 2. The van der Waals surface area contributed by atoms with Gasteiger partial charge in [0, 0.05) is 28.4 Å². The molecular formula is C21H17ClN4O3. The van der Waals surface area contributed by atoms with Crippen molar-refractivity contribution in [2.75, 3.05) is 0 Å². The van der Waals surface area contributed by atoms with E-state index in [2.05, 4.69) is 20.5 Å². The Labute approximate surface area is 171 Å². The van der Waals surface area contributed by atoms with Gasteiger partial charge in [-0.05, 0) is 48.9 Å². The number of halogens is 1. The summed E-state index contributed by atoms with van der Waals surface area (Å²) < 4.78 is 5.77. The van der Waals surface area contributed by atoms with Crippen molar-refractivity contribution in [3.63, 3.8) is 0 Å². The molecule has 0 bridgehead atoms. The van der Waals surface area contributed by atoms with Gasteiger partial charge in [0.1, 0.15) is 0 Å². The summed E-state index contributed by atoms with van der Waals surface area (Å²) in [5.41, 5.74) is 3.38. The number of H-pyrrole nitrogens is 1. The maximum atomic E-state index is 12.4. The molecule has 1 aliphatic heterocycles. The molecule has 4 rings (SSSR count). The lowest BCUT2D eigenvalue weighted by atomic mass is 10.0. The van der Waals surface area contributed by atoms with Crippen LogP contribution in [-0.2, 0) is 20.9 Å². The van der Waals surface area contributed by atoms with Gasteiger partial charge in [0.05, 0.1) is 11.9 Å². The number of aliphatic imine (C=N–C) groups is 1. The summed E-state index contributed by atoms with van der Waals surface area (Å²) in [6.45, 7) is 2.24. The van der Waals surface area contributed by atoms with Crippen molar-refractivity contribution in [3.05, 3.63) is 81.9 Å². The summed E-state index contributed by atoms with van der Waals surface area (Å²) in [5, 5.41) is 10.2. The van der Waals surface area contributed by atoms with Crippen LogP contribution in [0, 0.1) is 6.92 Å². The molecule has 8 heteroatoms. The van der Waals surface area contributed by atoms with Crippen LogP contribution in [0.25, 0.3) is 6.08 Å². The summed E-state index contributed by atoms with van der Waals surface area (Å²) in [4.78, 5) is 28.9. The molecule has 2 heterocycles. The maximum absolute atomic E-state index is 12.4. The first-order valence-electron chi connectivity index (χ1n) is 8.93. The number of fused-ring (bicyclic) bond motifs is 1. The molecule has 0 fully saturated rings. The van der Waals surface area contributed by atoms with Crippen LogP contribution in [0.15, 0.2) is 65.0 Å². The van der Waals surface area contributed by atoms with E-state index in [1.165, 1.54) is 0 Å². The highest BCUT2D eigenvalue weighted by Gasteiger charge is 2.29. The first-order chi connectivity index (χ1) is 14.0. The zero-order valence-corrected chi connectivity index (χ0v) is 16.2. The average molecular weight is 409 g/mol. The van der Waals surface area contributed by atoms with Gasteiger partial charge >= 0.3 is 5.91 Å². The van der Waals surface area contributed by atoms with Gasteiger partial charge in [0.15, 0.2) is 11.9 Å². The predicted molar refractivity (Wildman–Crippen MR) is 109 cm³/mol. The number of benzene rings is 1. The minimum absolute atomic E-state index is 0.141. The van der Waals surface area contributed by atoms with Crippen LogP contribution in [-0.4, -0.2) is 33.8 Å². The second kappa shape index (κ2) is 7.89. The molecule has 1 unspecified atom stereocenters. The molecule has 7 nitrogen and oxygen atoms in total. The Morgan fingerprint density at radius 3 is 2.86 bits per heavy atom. The van der Waals surface area contributed by atoms with E-state index in [-0.39, 0.29) is 11.7 Å². The van der Waals surface area contributed by atoms with Crippen molar-refractivity contribution in [3.8, 4) is 0 Å². The second-order valence-electron chi connectivity index (χ2n) is 6.60. The van der Waals surface area contributed by atoms with Crippen LogP contribution >= 0.6 is 11.6 Å². The van der Waals surface area contributed by atoms with Crippen molar-refractivity contribution in [1.82, 2.24) is 15.5 Å². The molecule has 0 saturated heterocycles. The Morgan fingerprint density at radius 1 is 1.34 bits per heavy atom. The number of rotatable bonds is 4. The quantitative estimate of drug-likeness (QED) is 0.760. The molecule has 29 heavy (non-hydrogen) atoms. The number of ether oxygens (including phenoxy) is 1. The lowest BCUT2D eigenvalue weighted by Gasteiger charge is -2.24. The van der Waals surface area contributed by atoms with Gasteiger partial charge in [0.25, 0.3) is 5.91 Å². The number of carbonyl (C=O) groups excluding carboxylic acids is 2. The molecule has 1 aliphatic carbocycles. The van der Waals surface area contributed by atoms with E-state index in [9.17, 15) is 9.59 Å². The molecule has 1 atom stereocenters. The van der Waals surface area contributed by atoms with E-state index >= 15 is 0 Å². The van der Waals surface area contributed by atoms with Gasteiger partial charge in [-0.1, -0.05) is 23.7 Å². The highest BCUT2D eigenvalue weighted by Crippen LogP contribution is 2.23. The number of aromatic amines is 1. The Kier molecular flexibility index (Phi) is 5.14. The third kappa shape index (κ3) is 4.20. The first kappa shape index (κ1) is 18.9. The molecule has 2 amide bonds. The lowest BCUT2D eigenvalue weighted by Crippen LogP contribution is -2.33. The van der Waals surface area contributed by atoms with E-state index in [0.717, 1.165) is 16.8 Å². The third-order valence-electron chi connectivity index (χ3n) is 4.54. The summed E-state index contributed by atoms with van der Waals surface area (Å²) in [7, 11) is 0. The first-order valence-corrected chi connectivity index (χ1v) is 9.31. The Bertz CT molecular complexity index is 1090. The normalized spacial score (nSPS) is 19.3. The van der Waals surface area contributed by atoms with E-state index in [1.54, 1.807) is 54.8 Å². The fraction of sp³-hybridized carbons (Fsp3) is 0.143. The highest BCUT2D eigenvalue weighted by atomic mass is 35.5. The molecule has 1 aromatic carbocycles. The third-order valence-corrected chi connectivity index (χ3v) is 4.80. The standard InChI is InChI=1S/C21H17ClN4O3/c1-12-15(11-24-26-12)10-23-20(27)14-4-7-18-17(9-14)25-21(28)19(29-18)8-13-2-5-16(22)6-3-13/h2-9,11,18H,10H2,1H3,(H,23,27)(H,24,26)/b19-8-. The van der Waals surface area contributed by atoms with Crippen molar-refractivity contribution >= 4 is 35.2 Å². The van der Waals surface area contributed by atoms with Crippen LogP contribution < -0.4 is 5.32 Å². The van der Waals surface area contributed by atoms with E-state index in [1.807, 2.05) is 6.92 Å². The van der Waals surface area contributed by atoms with Gasteiger partial charge in [-0.25, -0.2) is 4.99 Å². The Balaban J connectivity index is 1.48. The predicted octanol–water partition coefficient (Wildman–Crippen LogP) is 2.89. The fourth-order valence-electron chi connectivity index (χ4n) is 2.91. The zero-order valence-electron chi connectivity index (χ0n) is 15.5. The molecular weight excluding hydrogens is 392 g/mol. The van der Waals surface area contributed by atoms with Crippen molar-refractivity contribution in [1.29, 1.82) is 0 Å². The number of hydrogen-bond acceptors (Lipinski definition) is 4. The number of amides is 2. The van der Waals surface area contributed by atoms with Crippen LogP contribution in [0.5, 0.6) is 0 Å². The number of nitrogens with zero attached hydrogens (tertiary/aromatic N) is 2. The molecule has 2 N–H and O–H groups in total. The number of aromatic nitrogens is 2. The number of aryl methyl sites for hydroxylation is 1. The molecule has 0 radical (unpaired) electrons. The molecule has 0 saturated carbocycles. The number of nitrogens with one attached hydrogen (secondary N) is 2. The summed E-state index contributed by atoms with van der Waals surface area (Å²) in [6.07, 6.45) is 7.71. The summed E-state index contributed by atoms with van der Waals surface area (Å²) in [6, 6.07) is 7.03. The Morgan fingerprint density at radius 2 is 2.14 bits per heavy atom. The minimum atomic E-state index is -0.515. The molecule has 1 aromatic heterocycles.